The Labute approximate surface area is 164 Å². The maximum absolute atomic E-state index is 12.4. The van der Waals surface area contributed by atoms with Gasteiger partial charge in [-0.15, -0.1) is 0 Å². The number of likely N-dealkylation sites (N-methyl/N-ethyl adjacent to an activating group) is 1. The number of benzene rings is 2. The van der Waals surface area contributed by atoms with Crippen molar-refractivity contribution in [3.05, 3.63) is 64.9 Å². The zero-order valence-corrected chi connectivity index (χ0v) is 16.4. The first kappa shape index (κ1) is 18.9. The molecule has 1 fully saturated rings. The Hall–Kier alpha value is -2.86. The third-order valence-electron chi connectivity index (χ3n) is 4.31. The van der Waals surface area contributed by atoms with Crippen LogP contribution in [0.15, 0.2) is 48.2 Å². The second-order valence-electron chi connectivity index (χ2n) is 6.21. The summed E-state index contributed by atoms with van der Waals surface area (Å²) in [7, 11) is 1.63. The van der Waals surface area contributed by atoms with E-state index in [4.69, 9.17) is 21.7 Å². The minimum atomic E-state index is -0.115. The number of ether oxygens (including phenoxy) is 2. The quantitative estimate of drug-likeness (QED) is 0.610. The molecule has 5 nitrogen and oxygen atoms in total. The first-order valence-corrected chi connectivity index (χ1v) is 9.13. The van der Waals surface area contributed by atoms with Gasteiger partial charge in [0.2, 0.25) is 0 Å². The molecule has 1 heterocycles. The molecule has 0 radical (unpaired) electrons. The highest BCUT2D eigenvalue weighted by atomic mass is 32.1. The molecular weight excluding hydrogens is 360 g/mol. The molecule has 0 aromatic heterocycles. The number of rotatable bonds is 6. The molecule has 140 valence electrons. The maximum atomic E-state index is 12.4. The lowest BCUT2D eigenvalue weighted by Crippen LogP contribution is -2.30. The molecule has 27 heavy (non-hydrogen) atoms. The maximum Gasteiger partial charge on any atom is 0.276 e. The molecule has 0 saturated carbocycles. The van der Waals surface area contributed by atoms with E-state index in [9.17, 15) is 4.79 Å². The van der Waals surface area contributed by atoms with E-state index in [1.807, 2.05) is 56.3 Å². The molecule has 0 atom stereocenters. The SMILES string of the molecule is CCN1C(=O)/C(=C\c2ccc(OC)c(COc3ccc(C)cc3)c2)NC1=S. The van der Waals surface area contributed by atoms with E-state index in [1.165, 1.54) is 10.5 Å². The summed E-state index contributed by atoms with van der Waals surface area (Å²) >= 11 is 5.19. The molecule has 1 saturated heterocycles. The minimum Gasteiger partial charge on any atom is -0.496 e. The molecule has 0 bridgehead atoms. The first-order valence-electron chi connectivity index (χ1n) is 8.72. The molecule has 6 heteroatoms. The molecule has 3 rings (SSSR count). The Morgan fingerprint density at radius 3 is 2.56 bits per heavy atom. The van der Waals surface area contributed by atoms with E-state index in [1.54, 1.807) is 13.2 Å². The summed E-state index contributed by atoms with van der Waals surface area (Å²) in [5, 5.41) is 3.41. The van der Waals surface area contributed by atoms with Crippen molar-refractivity contribution in [2.24, 2.45) is 0 Å². The smallest absolute Gasteiger partial charge is 0.276 e. The zero-order valence-electron chi connectivity index (χ0n) is 15.6. The number of nitrogens with zero attached hydrogens (tertiary/aromatic N) is 1. The van der Waals surface area contributed by atoms with E-state index in [-0.39, 0.29) is 5.91 Å². The molecule has 0 spiro atoms. The highest BCUT2D eigenvalue weighted by molar-refractivity contribution is 7.80. The van der Waals surface area contributed by atoms with Gasteiger partial charge in [0.1, 0.15) is 23.8 Å². The van der Waals surface area contributed by atoms with E-state index < -0.39 is 0 Å². The van der Waals surface area contributed by atoms with Crippen LogP contribution < -0.4 is 14.8 Å². The fourth-order valence-electron chi connectivity index (χ4n) is 2.82. The molecular formula is C21H22N2O3S. The second kappa shape index (κ2) is 8.22. The van der Waals surface area contributed by atoms with Gasteiger partial charge in [0.05, 0.1) is 7.11 Å². The lowest BCUT2D eigenvalue weighted by molar-refractivity contribution is -0.122. The summed E-state index contributed by atoms with van der Waals surface area (Å²) in [5.74, 6) is 1.42. The zero-order chi connectivity index (χ0) is 19.4. The normalized spacial score (nSPS) is 15.2. The lowest BCUT2D eigenvalue weighted by atomic mass is 10.1. The van der Waals surface area contributed by atoms with Gasteiger partial charge in [-0.05, 0) is 62.0 Å². The summed E-state index contributed by atoms with van der Waals surface area (Å²) < 4.78 is 11.3. The number of nitrogens with one attached hydrogen (secondary N) is 1. The van der Waals surface area contributed by atoms with E-state index in [0.29, 0.717) is 24.0 Å². The Morgan fingerprint density at radius 2 is 1.93 bits per heavy atom. The van der Waals surface area contributed by atoms with E-state index in [2.05, 4.69) is 5.32 Å². The Bertz CT molecular complexity index is 891. The average molecular weight is 382 g/mol. The van der Waals surface area contributed by atoms with Crippen LogP contribution in [0.2, 0.25) is 0 Å². The molecule has 1 amide bonds. The number of thiocarbonyl (C=S) groups is 1. The van der Waals surface area contributed by atoms with Gasteiger partial charge in [0, 0.05) is 12.1 Å². The van der Waals surface area contributed by atoms with Gasteiger partial charge < -0.3 is 14.8 Å². The first-order chi connectivity index (χ1) is 13.0. The van der Waals surface area contributed by atoms with Crippen LogP contribution in [0.1, 0.15) is 23.6 Å². The van der Waals surface area contributed by atoms with Gasteiger partial charge in [-0.3, -0.25) is 9.69 Å². The fourth-order valence-corrected chi connectivity index (χ4v) is 3.14. The lowest BCUT2D eigenvalue weighted by Gasteiger charge is -2.12. The summed E-state index contributed by atoms with van der Waals surface area (Å²) in [4.78, 5) is 13.9. The topological polar surface area (TPSA) is 50.8 Å². The van der Waals surface area contributed by atoms with Gasteiger partial charge in [-0.25, -0.2) is 0 Å². The molecule has 2 aromatic rings. The van der Waals surface area contributed by atoms with Crippen LogP contribution >= 0.6 is 12.2 Å². The van der Waals surface area contributed by atoms with Crippen molar-refractivity contribution in [2.45, 2.75) is 20.5 Å². The third-order valence-corrected chi connectivity index (χ3v) is 4.63. The van der Waals surface area contributed by atoms with Gasteiger partial charge in [0.15, 0.2) is 5.11 Å². The van der Waals surface area contributed by atoms with Crippen molar-refractivity contribution in [3.8, 4) is 11.5 Å². The van der Waals surface area contributed by atoms with Crippen LogP contribution in [0.3, 0.4) is 0 Å². The fraction of sp³-hybridized carbons (Fsp3) is 0.238. The predicted molar refractivity (Wildman–Crippen MR) is 110 cm³/mol. The summed E-state index contributed by atoms with van der Waals surface area (Å²) in [5.41, 5.74) is 3.42. The van der Waals surface area contributed by atoms with E-state index in [0.717, 1.165) is 22.6 Å². The standard InChI is InChI=1S/C21H22N2O3S/c1-4-23-20(24)18(22-21(23)27)12-15-7-10-19(25-3)16(11-15)13-26-17-8-5-14(2)6-9-17/h5-12H,4,13H2,1-3H3,(H,22,27)/b18-12+. The Balaban J connectivity index is 1.81. The minimum absolute atomic E-state index is 0.115. The monoisotopic (exact) mass is 382 g/mol. The number of carbonyl (C=O) groups excluding carboxylic acids is 1. The predicted octanol–water partition coefficient (Wildman–Crippen LogP) is 3.66. The second-order valence-corrected chi connectivity index (χ2v) is 6.60. The number of hydrogen-bond acceptors (Lipinski definition) is 4. The Kier molecular flexibility index (Phi) is 5.76. The van der Waals surface area contributed by atoms with E-state index >= 15 is 0 Å². The average Bonchev–Trinajstić information content (AvgIpc) is 2.94. The van der Waals surface area contributed by atoms with Crippen LogP contribution in [-0.4, -0.2) is 29.6 Å². The van der Waals surface area contributed by atoms with Crippen LogP contribution in [0.25, 0.3) is 6.08 Å². The van der Waals surface area contributed by atoms with Crippen molar-refractivity contribution < 1.29 is 14.3 Å². The number of aryl methyl sites for hydroxylation is 1. The van der Waals surface area contributed by atoms with Crippen molar-refractivity contribution in [3.63, 3.8) is 0 Å². The number of amides is 1. The summed E-state index contributed by atoms with van der Waals surface area (Å²) in [6.45, 7) is 4.83. The molecule has 2 aromatic carbocycles. The summed E-state index contributed by atoms with van der Waals surface area (Å²) in [6.07, 6.45) is 1.79. The third kappa shape index (κ3) is 4.28. The van der Waals surface area contributed by atoms with Crippen LogP contribution in [-0.2, 0) is 11.4 Å². The number of methoxy groups -OCH3 is 1. The van der Waals surface area contributed by atoms with Crippen LogP contribution in [0.5, 0.6) is 11.5 Å². The van der Waals surface area contributed by atoms with Crippen molar-refractivity contribution in [1.82, 2.24) is 10.2 Å². The highest BCUT2D eigenvalue weighted by Crippen LogP contribution is 2.24. The Morgan fingerprint density at radius 1 is 1.19 bits per heavy atom. The van der Waals surface area contributed by atoms with Gasteiger partial charge in [0.25, 0.3) is 5.91 Å². The number of hydrogen-bond donors (Lipinski definition) is 1. The highest BCUT2D eigenvalue weighted by Gasteiger charge is 2.29. The van der Waals surface area contributed by atoms with Crippen molar-refractivity contribution >= 4 is 29.3 Å². The van der Waals surface area contributed by atoms with Gasteiger partial charge >= 0.3 is 0 Å². The van der Waals surface area contributed by atoms with Crippen LogP contribution in [0, 0.1) is 6.92 Å². The molecule has 1 aliphatic heterocycles. The molecule has 0 unspecified atom stereocenters. The summed E-state index contributed by atoms with van der Waals surface area (Å²) in [6, 6.07) is 13.6. The molecule has 1 aliphatic rings. The van der Waals surface area contributed by atoms with Crippen LogP contribution in [0.4, 0.5) is 0 Å². The molecule has 0 aliphatic carbocycles. The molecule has 1 N–H and O–H groups in total. The van der Waals surface area contributed by atoms with Gasteiger partial charge in [-0.1, -0.05) is 23.8 Å². The number of carbonyl (C=O) groups is 1. The largest absolute Gasteiger partial charge is 0.496 e. The van der Waals surface area contributed by atoms with Crippen molar-refractivity contribution in [1.29, 1.82) is 0 Å². The van der Waals surface area contributed by atoms with Gasteiger partial charge in [-0.2, -0.15) is 0 Å². The van der Waals surface area contributed by atoms with Crippen molar-refractivity contribution in [2.75, 3.05) is 13.7 Å².